The summed E-state index contributed by atoms with van der Waals surface area (Å²) in [6.07, 6.45) is 0. The van der Waals surface area contributed by atoms with Gasteiger partial charge in [-0.05, 0) is 37.6 Å². The molecule has 3 aromatic carbocycles. The van der Waals surface area contributed by atoms with E-state index in [4.69, 9.17) is 14.8 Å². The number of para-hydroxylation sites is 2. The number of nitrogens with zero attached hydrogens (tertiary/aromatic N) is 3. The SMILES string of the molecule is COc1ccccc1NC(=O)C1=C(C)Nc2nc(-c3cccc(C)c3)nn2C1c1ccccc1. The maximum Gasteiger partial charge on any atom is 0.255 e. The molecule has 2 N–H and O–H groups in total. The van der Waals surface area contributed by atoms with E-state index in [2.05, 4.69) is 16.7 Å². The third-order valence-electron chi connectivity index (χ3n) is 5.84. The number of carbonyl (C=O) groups is 1. The first-order valence-electron chi connectivity index (χ1n) is 11.1. The first-order chi connectivity index (χ1) is 16.5. The van der Waals surface area contributed by atoms with Gasteiger partial charge in [-0.25, -0.2) is 4.68 Å². The van der Waals surface area contributed by atoms with Crippen LogP contribution in [0.1, 0.15) is 24.1 Å². The molecule has 4 aromatic rings. The van der Waals surface area contributed by atoms with E-state index < -0.39 is 6.04 Å². The number of nitrogens with one attached hydrogen (secondary N) is 2. The highest BCUT2D eigenvalue weighted by atomic mass is 16.5. The number of amides is 1. The van der Waals surface area contributed by atoms with Crippen molar-refractivity contribution >= 4 is 17.5 Å². The Bertz CT molecular complexity index is 1390. The van der Waals surface area contributed by atoms with Crippen molar-refractivity contribution < 1.29 is 9.53 Å². The topological polar surface area (TPSA) is 81.1 Å². The van der Waals surface area contributed by atoms with Crippen LogP contribution in [0, 0.1) is 6.92 Å². The predicted octanol–water partition coefficient (Wildman–Crippen LogP) is 5.19. The lowest BCUT2D eigenvalue weighted by Gasteiger charge is -2.28. The van der Waals surface area contributed by atoms with Crippen molar-refractivity contribution in [2.75, 3.05) is 17.7 Å². The van der Waals surface area contributed by atoms with Crippen LogP contribution in [0.15, 0.2) is 90.1 Å². The van der Waals surface area contributed by atoms with Crippen molar-refractivity contribution in [3.8, 4) is 17.1 Å². The molecule has 5 rings (SSSR count). The zero-order chi connectivity index (χ0) is 23.7. The van der Waals surface area contributed by atoms with Crippen LogP contribution in [-0.4, -0.2) is 27.8 Å². The van der Waals surface area contributed by atoms with Gasteiger partial charge in [0.05, 0.1) is 18.4 Å². The Morgan fingerprint density at radius 1 is 1.00 bits per heavy atom. The minimum absolute atomic E-state index is 0.235. The molecule has 7 nitrogen and oxygen atoms in total. The lowest BCUT2D eigenvalue weighted by Crippen LogP contribution is -2.31. The number of allylic oxidation sites excluding steroid dienone is 1. The summed E-state index contributed by atoms with van der Waals surface area (Å²) in [5.41, 5.74) is 4.88. The Hall–Kier alpha value is -4.39. The minimum atomic E-state index is -0.446. The van der Waals surface area contributed by atoms with E-state index in [1.54, 1.807) is 11.8 Å². The van der Waals surface area contributed by atoms with Gasteiger partial charge in [-0.1, -0.05) is 66.2 Å². The predicted molar refractivity (Wildman–Crippen MR) is 133 cm³/mol. The van der Waals surface area contributed by atoms with Crippen LogP contribution in [0.2, 0.25) is 0 Å². The third kappa shape index (κ3) is 3.92. The standard InChI is InChI=1S/C27H25N5O2/c1-17-10-9-13-20(16-17)25-30-27-28-18(2)23(24(32(27)31-25)19-11-5-4-6-12-19)26(33)29-21-14-7-8-15-22(21)34-3/h4-16,24H,1-3H3,(H,29,33)(H,28,30,31). The summed E-state index contributed by atoms with van der Waals surface area (Å²) in [6.45, 7) is 3.92. The van der Waals surface area contributed by atoms with Gasteiger partial charge in [0.25, 0.3) is 5.91 Å². The second-order valence-electron chi connectivity index (χ2n) is 8.20. The number of ether oxygens (including phenoxy) is 1. The second-order valence-corrected chi connectivity index (χ2v) is 8.20. The molecule has 1 unspecified atom stereocenters. The summed E-state index contributed by atoms with van der Waals surface area (Å²) >= 11 is 0. The molecule has 0 radical (unpaired) electrons. The molecule has 34 heavy (non-hydrogen) atoms. The number of hydrogen-bond donors (Lipinski definition) is 2. The highest BCUT2D eigenvalue weighted by Gasteiger charge is 2.34. The molecule has 0 saturated carbocycles. The Kier molecular flexibility index (Phi) is 5.59. The van der Waals surface area contributed by atoms with E-state index in [-0.39, 0.29) is 5.91 Å². The number of rotatable bonds is 5. The lowest BCUT2D eigenvalue weighted by molar-refractivity contribution is -0.113. The van der Waals surface area contributed by atoms with Gasteiger partial charge >= 0.3 is 0 Å². The van der Waals surface area contributed by atoms with Gasteiger partial charge in [-0.3, -0.25) is 4.79 Å². The number of aromatic nitrogens is 3. The van der Waals surface area contributed by atoms with Crippen molar-refractivity contribution in [1.29, 1.82) is 0 Å². The van der Waals surface area contributed by atoms with E-state index in [0.717, 1.165) is 22.4 Å². The fraction of sp³-hybridized carbons (Fsp3) is 0.148. The molecule has 170 valence electrons. The van der Waals surface area contributed by atoms with Crippen LogP contribution in [0.25, 0.3) is 11.4 Å². The number of methoxy groups -OCH3 is 1. The first-order valence-corrected chi connectivity index (χ1v) is 11.1. The summed E-state index contributed by atoms with van der Waals surface area (Å²) in [5.74, 6) is 1.56. The summed E-state index contributed by atoms with van der Waals surface area (Å²) in [7, 11) is 1.58. The van der Waals surface area contributed by atoms with Gasteiger partial charge in [0, 0.05) is 11.3 Å². The second kappa shape index (κ2) is 8.86. The van der Waals surface area contributed by atoms with Crippen molar-refractivity contribution in [3.05, 3.63) is 101 Å². The zero-order valence-corrected chi connectivity index (χ0v) is 19.2. The van der Waals surface area contributed by atoms with Crippen LogP contribution in [0.5, 0.6) is 5.75 Å². The highest BCUT2D eigenvalue weighted by Crippen LogP contribution is 2.37. The molecular weight excluding hydrogens is 426 g/mol. The highest BCUT2D eigenvalue weighted by molar-refractivity contribution is 6.06. The molecule has 1 aliphatic heterocycles. The van der Waals surface area contributed by atoms with E-state index in [1.165, 1.54) is 0 Å². The summed E-state index contributed by atoms with van der Waals surface area (Å²) in [4.78, 5) is 18.4. The minimum Gasteiger partial charge on any atom is -0.495 e. The van der Waals surface area contributed by atoms with Gasteiger partial charge in [0.15, 0.2) is 5.82 Å². The van der Waals surface area contributed by atoms with Crippen molar-refractivity contribution in [2.45, 2.75) is 19.9 Å². The molecule has 0 saturated heterocycles. The van der Waals surface area contributed by atoms with Crippen LogP contribution in [0.3, 0.4) is 0 Å². The van der Waals surface area contributed by atoms with Gasteiger partial charge < -0.3 is 15.4 Å². The molecule has 0 fully saturated rings. The third-order valence-corrected chi connectivity index (χ3v) is 5.84. The largest absolute Gasteiger partial charge is 0.495 e. The molecule has 0 bridgehead atoms. The Morgan fingerprint density at radius 2 is 1.76 bits per heavy atom. The first kappa shape index (κ1) is 21.5. The van der Waals surface area contributed by atoms with Gasteiger partial charge in [0.2, 0.25) is 5.95 Å². The molecule has 1 amide bonds. The average molecular weight is 452 g/mol. The van der Waals surface area contributed by atoms with Crippen molar-refractivity contribution in [2.24, 2.45) is 0 Å². The maximum absolute atomic E-state index is 13.6. The maximum atomic E-state index is 13.6. The monoisotopic (exact) mass is 451 g/mol. The average Bonchev–Trinajstić information content (AvgIpc) is 3.27. The number of fused-ring (bicyclic) bond motifs is 1. The molecule has 1 atom stereocenters. The van der Waals surface area contributed by atoms with Crippen LogP contribution >= 0.6 is 0 Å². The summed E-state index contributed by atoms with van der Waals surface area (Å²) < 4.78 is 7.20. The normalized spacial score (nSPS) is 14.9. The number of hydrogen-bond acceptors (Lipinski definition) is 5. The number of anilines is 2. The molecule has 2 heterocycles. The van der Waals surface area contributed by atoms with Crippen molar-refractivity contribution in [1.82, 2.24) is 14.8 Å². The van der Waals surface area contributed by atoms with E-state index >= 15 is 0 Å². The fourth-order valence-corrected chi connectivity index (χ4v) is 4.23. The molecule has 7 heteroatoms. The quantitative estimate of drug-likeness (QED) is 0.436. The van der Waals surface area contributed by atoms with Gasteiger partial charge in [-0.2, -0.15) is 4.98 Å². The Labute approximate surface area is 198 Å². The number of benzene rings is 3. The molecule has 1 aromatic heterocycles. The molecule has 1 aliphatic rings. The zero-order valence-electron chi connectivity index (χ0n) is 19.2. The van der Waals surface area contributed by atoms with Crippen LogP contribution in [0.4, 0.5) is 11.6 Å². The van der Waals surface area contributed by atoms with Crippen LogP contribution < -0.4 is 15.4 Å². The Balaban J connectivity index is 1.59. The molecule has 0 aliphatic carbocycles. The van der Waals surface area contributed by atoms with Gasteiger partial charge in [-0.15, -0.1) is 5.10 Å². The Morgan fingerprint density at radius 3 is 2.53 bits per heavy atom. The lowest BCUT2D eigenvalue weighted by atomic mass is 9.95. The molecular formula is C27H25N5O2. The van der Waals surface area contributed by atoms with Crippen molar-refractivity contribution in [3.63, 3.8) is 0 Å². The summed E-state index contributed by atoms with van der Waals surface area (Å²) in [6, 6.07) is 24.8. The summed E-state index contributed by atoms with van der Waals surface area (Å²) in [5, 5.41) is 11.1. The smallest absolute Gasteiger partial charge is 0.255 e. The number of carbonyl (C=O) groups excluding carboxylic acids is 1. The van der Waals surface area contributed by atoms with E-state index in [1.807, 2.05) is 86.6 Å². The van der Waals surface area contributed by atoms with Gasteiger partial charge in [0.1, 0.15) is 11.8 Å². The number of aryl methyl sites for hydroxylation is 1. The molecule has 0 spiro atoms. The van der Waals surface area contributed by atoms with E-state index in [9.17, 15) is 4.79 Å². The van der Waals surface area contributed by atoms with Crippen LogP contribution in [-0.2, 0) is 4.79 Å². The fourth-order valence-electron chi connectivity index (χ4n) is 4.23. The van der Waals surface area contributed by atoms with E-state index in [0.29, 0.717) is 28.8 Å².